The van der Waals surface area contributed by atoms with E-state index in [2.05, 4.69) is 31.0 Å². The van der Waals surface area contributed by atoms with Gasteiger partial charge in [0.25, 0.3) is 0 Å². The molecular weight excluding hydrogens is 202 g/mol. The number of amides is 1. The van der Waals surface area contributed by atoms with E-state index < -0.39 is 0 Å². The van der Waals surface area contributed by atoms with Gasteiger partial charge in [0.15, 0.2) is 0 Å². The third kappa shape index (κ3) is 2.38. The molecule has 2 aliphatic heterocycles. The van der Waals surface area contributed by atoms with Crippen LogP contribution in [0.1, 0.15) is 20.8 Å². The minimum Gasteiger partial charge on any atom is -0.340 e. The molecule has 2 fully saturated rings. The van der Waals surface area contributed by atoms with Crippen molar-refractivity contribution in [2.75, 3.05) is 39.3 Å². The molecule has 0 spiro atoms. The van der Waals surface area contributed by atoms with E-state index in [1.165, 1.54) is 0 Å². The third-order valence-corrected chi connectivity index (χ3v) is 3.67. The predicted octanol–water partition coefficient (Wildman–Crippen LogP) is 0.149. The Balaban J connectivity index is 1.82. The van der Waals surface area contributed by atoms with Gasteiger partial charge >= 0.3 is 0 Å². The van der Waals surface area contributed by atoms with Crippen molar-refractivity contribution >= 4 is 5.91 Å². The Morgan fingerprint density at radius 3 is 2.06 bits per heavy atom. The number of piperazine rings is 1. The quantitative estimate of drug-likeness (QED) is 0.690. The van der Waals surface area contributed by atoms with E-state index in [0.29, 0.717) is 5.91 Å². The number of carbonyl (C=O) groups excluding carboxylic acids is 1. The van der Waals surface area contributed by atoms with Crippen LogP contribution in [0.4, 0.5) is 0 Å². The molecule has 2 saturated heterocycles. The lowest BCUT2D eigenvalue weighted by Crippen LogP contribution is -2.58. The molecule has 0 aromatic heterocycles. The van der Waals surface area contributed by atoms with E-state index in [9.17, 15) is 4.79 Å². The summed E-state index contributed by atoms with van der Waals surface area (Å²) < 4.78 is 0. The molecule has 4 nitrogen and oxygen atoms in total. The SMILES string of the molecule is CC(C)(C)N1CCN(C(=O)C2CNC2)CC1. The average molecular weight is 225 g/mol. The molecule has 2 rings (SSSR count). The van der Waals surface area contributed by atoms with Gasteiger partial charge in [-0.3, -0.25) is 9.69 Å². The summed E-state index contributed by atoms with van der Waals surface area (Å²) in [7, 11) is 0. The highest BCUT2D eigenvalue weighted by Gasteiger charge is 2.33. The number of nitrogens with one attached hydrogen (secondary N) is 1. The zero-order valence-corrected chi connectivity index (χ0v) is 10.6. The van der Waals surface area contributed by atoms with Crippen LogP contribution in [0.25, 0.3) is 0 Å². The molecule has 1 N–H and O–H groups in total. The van der Waals surface area contributed by atoms with E-state index in [-0.39, 0.29) is 11.5 Å². The van der Waals surface area contributed by atoms with Crippen LogP contribution < -0.4 is 5.32 Å². The van der Waals surface area contributed by atoms with Gasteiger partial charge in [-0.1, -0.05) is 0 Å². The Kier molecular flexibility index (Phi) is 3.22. The van der Waals surface area contributed by atoms with Crippen molar-refractivity contribution in [3.8, 4) is 0 Å². The van der Waals surface area contributed by atoms with E-state index in [1.54, 1.807) is 0 Å². The maximum atomic E-state index is 12.0. The molecule has 2 heterocycles. The highest BCUT2D eigenvalue weighted by atomic mass is 16.2. The first-order chi connectivity index (χ1) is 7.48. The summed E-state index contributed by atoms with van der Waals surface area (Å²) in [5, 5.41) is 3.16. The first-order valence-corrected chi connectivity index (χ1v) is 6.23. The highest BCUT2D eigenvalue weighted by molar-refractivity contribution is 5.80. The van der Waals surface area contributed by atoms with Crippen LogP contribution in [0.5, 0.6) is 0 Å². The van der Waals surface area contributed by atoms with E-state index in [0.717, 1.165) is 39.3 Å². The molecule has 0 aromatic carbocycles. The van der Waals surface area contributed by atoms with Gasteiger partial charge in [-0.2, -0.15) is 0 Å². The predicted molar refractivity (Wildman–Crippen MR) is 64.3 cm³/mol. The Morgan fingerprint density at radius 1 is 1.12 bits per heavy atom. The van der Waals surface area contributed by atoms with Crippen molar-refractivity contribution in [2.24, 2.45) is 5.92 Å². The van der Waals surface area contributed by atoms with Gasteiger partial charge in [0.1, 0.15) is 0 Å². The summed E-state index contributed by atoms with van der Waals surface area (Å²) in [6, 6.07) is 0. The summed E-state index contributed by atoms with van der Waals surface area (Å²) in [5.41, 5.74) is 0.229. The zero-order chi connectivity index (χ0) is 11.8. The number of carbonyl (C=O) groups is 1. The molecule has 0 aromatic rings. The van der Waals surface area contributed by atoms with E-state index in [1.807, 2.05) is 4.90 Å². The van der Waals surface area contributed by atoms with Gasteiger partial charge in [-0.05, 0) is 20.8 Å². The van der Waals surface area contributed by atoms with Crippen LogP contribution >= 0.6 is 0 Å². The molecule has 0 bridgehead atoms. The van der Waals surface area contributed by atoms with E-state index >= 15 is 0 Å². The lowest BCUT2D eigenvalue weighted by molar-refractivity contribution is -0.139. The standard InChI is InChI=1S/C12H23N3O/c1-12(2,3)15-6-4-14(5-7-15)11(16)10-8-13-9-10/h10,13H,4-9H2,1-3H3. The van der Waals surface area contributed by atoms with Crippen LogP contribution in [-0.2, 0) is 4.79 Å². The first kappa shape index (κ1) is 11.9. The number of rotatable bonds is 1. The Bertz CT molecular complexity index is 260. The Morgan fingerprint density at radius 2 is 1.69 bits per heavy atom. The smallest absolute Gasteiger partial charge is 0.228 e. The average Bonchev–Trinajstić information content (AvgIpc) is 2.14. The summed E-state index contributed by atoms with van der Waals surface area (Å²) in [6.45, 7) is 12.3. The fourth-order valence-corrected chi connectivity index (χ4v) is 2.32. The fraction of sp³-hybridized carbons (Fsp3) is 0.917. The van der Waals surface area contributed by atoms with Crippen LogP contribution in [0.3, 0.4) is 0 Å². The third-order valence-electron chi connectivity index (χ3n) is 3.67. The molecule has 16 heavy (non-hydrogen) atoms. The van der Waals surface area contributed by atoms with Crippen molar-refractivity contribution < 1.29 is 4.79 Å². The summed E-state index contributed by atoms with van der Waals surface area (Å²) in [6.07, 6.45) is 0. The molecule has 2 aliphatic rings. The van der Waals surface area contributed by atoms with Gasteiger partial charge in [0.2, 0.25) is 5.91 Å². The second kappa shape index (κ2) is 4.34. The lowest BCUT2D eigenvalue weighted by Gasteiger charge is -2.43. The molecule has 0 atom stereocenters. The fourth-order valence-electron chi connectivity index (χ4n) is 2.32. The maximum absolute atomic E-state index is 12.0. The highest BCUT2D eigenvalue weighted by Crippen LogP contribution is 2.17. The Labute approximate surface area is 98.0 Å². The first-order valence-electron chi connectivity index (χ1n) is 6.23. The summed E-state index contributed by atoms with van der Waals surface area (Å²) in [4.78, 5) is 16.5. The largest absolute Gasteiger partial charge is 0.340 e. The minimum absolute atomic E-state index is 0.229. The van der Waals surface area contributed by atoms with Crippen LogP contribution in [-0.4, -0.2) is 60.5 Å². The van der Waals surface area contributed by atoms with Gasteiger partial charge < -0.3 is 10.2 Å². The summed E-state index contributed by atoms with van der Waals surface area (Å²) >= 11 is 0. The van der Waals surface area contributed by atoms with Crippen molar-refractivity contribution in [3.05, 3.63) is 0 Å². The molecule has 0 saturated carbocycles. The summed E-state index contributed by atoms with van der Waals surface area (Å²) in [5.74, 6) is 0.605. The monoisotopic (exact) mass is 225 g/mol. The topological polar surface area (TPSA) is 35.6 Å². The number of nitrogens with zero attached hydrogens (tertiary/aromatic N) is 2. The zero-order valence-electron chi connectivity index (χ0n) is 10.6. The lowest BCUT2D eigenvalue weighted by atomic mass is 10.0. The second-order valence-electron chi connectivity index (χ2n) is 5.84. The molecule has 4 heteroatoms. The second-order valence-corrected chi connectivity index (χ2v) is 5.84. The minimum atomic E-state index is 0.229. The normalized spacial score (nSPS) is 24.3. The molecule has 1 amide bonds. The van der Waals surface area contributed by atoms with Crippen molar-refractivity contribution in [1.29, 1.82) is 0 Å². The van der Waals surface area contributed by atoms with Gasteiger partial charge in [-0.25, -0.2) is 0 Å². The molecule has 92 valence electrons. The van der Waals surface area contributed by atoms with Gasteiger partial charge in [0.05, 0.1) is 5.92 Å². The molecular formula is C12H23N3O. The van der Waals surface area contributed by atoms with Gasteiger partial charge in [0, 0.05) is 44.8 Å². The van der Waals surface area contributed by atoms with Crippen LogP contribution in [0, 0.1) is 5.92 Å². The number of hydrogen-bond acceptors (Lipinski definition) is 3. The Hall–Kier alpha value is -0.610. The van der Waals surface area contributed by atoms with Crippen LogP contribution in [0.15, 0.2) is 0 Å². The maximum Gasteiger partial charge on any atom is 0.228 e. The van der Waals surface area contributed by atoms with Crippen LogP contribution in [0.2, 0.25) is 0 Å². The van der Waals surface area contributed by atoms with Crippen molar-refractivity contribution in [1.82, 2.24) is 15.1 Å². The van der Waals surface area contributed by atoms with Crippen molar-refractivity contribution in [2.45, 2.75) is 26.3 Å². The molecule has 0 unspecified atom stereocenters. The van der Waals surface area contributed by atoms with Crippen molar-refractivity contribution in [3.63, 3.8) is 0 Å². The molecule has 0 radical (unpaired) electrons. The van der Waals surface area contributed by atoms with Gasteiger partial charge in [-0.15, -0.1) is 0 Å². The molecule has 0 aliphatic carbocycles. The van der Waals surface area contributed by atoms with E-state index in [4.69, 9.17) is 0 Å². The number of hydrogen-bond donors (Lipinski definition) is 1.